The molecule has 1 aromatic heterocycles. The quantitative estimate of drug-likeness (QED) is 0.431. The van der Waals surface area contributed by atoms with Crippen molar-refractivity contribution in [3.63, 3.8) is 0 Å². The lowest BCUT2D eigenvalue weighted by Gasteiger charge is -2.28. The summed E-state index contributed by atoms with van der Waals surface area (Å²) in [6, 6.07) is 6.83. The van der Waals surface area contributed by atoms with E-state index in [1.165, 1.54) is 22.9 Å². The van der Waals surface area contributed by atoms with Crippen LogP contribution in [0.15, 0.2) is 28.8 Å². The number of rotatable bonds is 5. The van der Waals surface area contributed by atoms with E-state index in [0.29, 0.717) is 15.8 Å². The fourth-order valence-corrected chi connectivity index (χ4v) is 3.86. The summed E-state index contributed by atoms with van der Waals surface area (Å²) in [6.07, 6.45) is 3.44. The van der Waals surface area contributed by atoms with Gasteiger partial charge in [0.15, 0.2) is 5.95 Å². The zero-order valence-corrected chi connectivity index (χ0v) is 16.0. The van der Waals surface area contributed by atoms with Crippen LogP contribution in [0, 0.1) is 0 Å². The van der Waals surface area contributed by atoms with Gasteiger partial charge in [-0.15, -0.1) is 0 Å². The summed E-state index contributed by atoms with van der Waals surface area (Å²) < 4.78 is 11.7. The highest BCUT2D eigenvalue weighted by molar-refractivity contribution is 8.23. The lowest BCUT2D eigenvalue weighted by molar-refractivity contribution is -0.672. The molecule has 3 rings (SSSR count). The number of benzene rings is 1. The first-order chi connectivity index (χ1) is 12.6. The van der Waals surface area contributed by atoms with Gasteiger partial charge in [0.2, 0.25) is 11.5 Å². The van der Waals surface area contributed by atoms with E-state index >= 15 is 0 Å². The van der Waals surface area contributed by atoms with Crippen molar-refractivity contribution >= 4 is 34.1 Å². The molecule has 9 heteroatoms. The number of aromatic nitrogens is 2. The maximum Gasteiger partial charge on any atom is 0.307 e. The number of methoxy groups -OCH3 is 1. The van der Waals surface area contributed by atoms with Crippen LogP contribution in [0.2, 0.25) is 0 Å². The van der Waals surface area contributed by atoms with Crippen LogP contribution >= 0.6 is 24.0 Å². The van der Waals surface area contributed by atoms with Gasteiger partial charge in [-0.25, -0.2) is 0 Å². The molecule has 1 aliphatic rings. The van der Waals surface area contributed by atoms with Crippen LogP contribution in [-0.4, -0.2) is 46.2 Å². The number of ether oxygens (including phenoxy) is 1. The standard InChI is InChI=1S/C17H19N3O4S2/c1-23-13-7-5-12(6-8-13)20-15(16(22)24-18-20)14(21)11-26-17(25)19-9-3-2-4-10-19/h5-8H,2-4,9-11H2,1H3. The van der Waals surface area contributed by atoms with E-state index in [-0.39, 0.29) is 17.2 Å². The van der Waals surface area contributed by atoms with Crippen LogP contribution in [0.5, 0.6) is 11.7 Å². The molecule has 0 atom stereocenters. The van der Waals surface area contributed by atoms with Gasteiger partial charge in [-0.2, -0.15) is 0 Å². The smallest absolute Gasteiger partial charge is 0.307 e. The maximum atomic E-state index is 12.6. The van der Waals surface area contributed by atoms with Crippen LogP contribution in [0.25, 0.3) is 5.69 Å². The van der Waals surface area contributed by atoms with Crippen molar-refractivity contribution in [2.75, 3.05) is 26.0 Å². The van der Waals surface area contributed by atoms with Crippen LogP contribution in [0.4, 0.5) is 0 Å². The Morgan fingerprint density at radius 2 is 2.04 bits per heavy atom. The summed E-state index contributed by atoms with van der Waals surface area (Å²) >= 11 is 6.68. The van der Waals surface area contributed by atoms with E-state index < -0.39 is 5.95 Å². The second-order valence-electron chi connectivity index (χ2n) is 5.84. The molecule has 1 aromatic carbocycles. The minimum absolute atomic E-state index is 0.0714. The van der Waals surface area contributed by atoms with Crippen molar-refractivity contribution in [2.45, 2.75) is 19.3 Å². The Labute approximate surface area is 160 Å². The number of carbonyl (C=O) groups is 1. The molecule has 1 fully saturated rings. The van der Waals surface area contributed by atoms with Crippen molar-refractivity contribution in [1.82, 2.24) is 10.2 Å². The van der Waals surface area contributed by atoms with E-state index in [2.05, 4.69) is 10.2 Å². The van der Waals surface area contributed by atoms with Crippen molar-refractivity contribution in [2.24, 2.45) is 0 Å². The number of likely N-dealkylation sites (tertiary alicyclic amines) is 1. The second-order valence-corrected chi connectivity index (χ2v) is 7.45. The van der Waals surface area contributed by atoms with Gasteiger partial charge in [0.1, 0.15) is 10.1 Å². The van der Waals surface area contributed by atoms with Gasteiger partial charge in [-0.1, -0.05) is 24.0 Å². The van der Waals surface area contributed by atoms with Gasteiger partial charge in [0.25, 0.3) is 0 Å². The van der Waals surface area contributed by atoms with E-state index in [1.807, 2.05) is 0 Å². The fraction of sp³-hybridized carbons (Fsp3) is 0.412. The molecular formula is C17H19N3O4S2. The molecule has 0 bridgehead atoms. The van der Waals surface area contributed by atoms with Crippen molar-refractivity contribution in [3.05, 3.63) is 30.0 Å². The molecular weight excluding hydrogens is 374 g/mol. The second kappa shape index (κ2) is 8.50. The molecule has 0 radical (unpaired) electrons. The van der Waals surface area contributed by atoms with E-state index in [4.69, 9.17) is 21.5 Å². The number of carbonyl (C=O) groups excluding carboxylic acids is 1. The summed E-state index contributed by atoms with van der Waals surface area (Å²) in [4.78, 5) is 14.7. The minimum atomic E-state index is -0.754. The Morgan fingerprint density at radius 1 is 1.35 bits per heavy atom. The van der Waals surface area contributed by atoms with Crippen LogP contribution in [0.3, 0.4) is 0 Å². The van der Waals surface area contributed by atoms with Gasteiger partial charge in [0, 0.05) is 25.2 Å². The summed E-state index contributed by atoms with van der Waals surface area (Å²) in [6.45, 7) is 1.85. The van der Waals surface area contributed by atoms with Gasteiger partial charge in [-0.3, -0.25) is 4.79 Å². The molecule has 0 aliphatic carbocycles. The average molecular weight is 393 g/mol. The Hall–Kier alpha value is -2.13. The zero-order valence-electron chi connectivity index (χ0n) is 14.3. The Bertz CT molecular complexity index is 786. The van der Waals surface area contributed by atoms with Gasteiger partial charge in [-0.05, 0) is 36.1 Å². The van der Waals surface area contributed by atoms with Crippen LogP contribution < -0.4 is 14.5 Å². The number of thioether (sulfide) groups is 1. The fourth-order valence-electron chi connectivity index (χ4n) is 2.74. The molecule has 0 amide bonds. The largest absolute Gasteiger partial charge is 0.539 e. The van der Waals surface area contributed by atoms with E-state index in [0.717, 1.165) is 25.9 Å². The number of thiocarbonyl (C=S) groups is 1. The predicted molar refractivity (Wildman–Crippen MR) is 98.8 cm³/mol. The maximum absolute atomic E-state index is 12.6. The van der Waals surface area contributed by atoms with Gasteiger partial charge >= 0.3 is 5.69 Å². The molecule has 0 N–H and O–H groups in total. The molecule has 0 unspecified atom stereocenters. The predicted octanol–water partition coefficient (Wildman–Crippen LogP) is 1.72. The number of piperidine rings is 1. The molecule has 0 saturated carbocycles. The zero-order chi connectivity index (χ0) is 18.5. The molecule has 2 heterocycles. The number of Topliss-reactive ketones (excluding diaryl/α,β-unsaturated/α-hetero) is 1. The minimum Gasteiger partial charge on any atom is -0.539 e. The topological polar surface area (TPSA) is 82.5 Å². The Morgan fingerprint density at radius 3 is 2.69 bits per heavy atom. The molecule has 0 spiro atoms. The van der Waals surface area contributed by atoms with Gasteiger partial charge in [0.05, 0.1) is 18.1 Å². The summed E-state index contributed by atoms with van der Waals surface area (Å²) in [5.41, 5.74) is 0.438. The lowest BCUT2D eigenvalue weighted by atomic mass is 10.1. The third-order valence-corrected chi connectivity index (χ3v) is 5.66. The molecule has 26 heavy (non-hydrogen) atoms. The lowest BCUT2D eigenvalue weighted by Crippen LogP contribution is -2.40. The highest BCUT2D eigenvalue weighted by Gasteiger charge is 2.28. The summed E-state index contributed by atoms with van der Waals surface area (Å²) in [7, 11) is 1.56. The number of hydrogen-bond acceptors (Lipinski definition) is 7. The highest BCUT2D eigenvalue weighted by atomic mass is 32.2. The molecule has 1 saturated heterocycles. The van der Waals surface area contributed by atoms with Crippen molar-refractivity contribution in [3.8, 4) is 17.4 Å². The van der Waals surface area contributed by atoms with Crippen molar-refractivity contribution < 1.29 is 23.8 Å². The van der Waals surface area contributed by atoms with Gasteiger partial charge < -0.3 is 19.3 Å². The van der Waals surface area contributed by atoms with Crippen LogP contribution in [-0.2, 0) is 0 Å². The van der Waals surface area contributed by atoms with E-state index in [9.17, 15) is 9.90 Å². The first kappa shape index (κ1) is 18.7. The van der Waals surface area contributed by atoms with Crippen molar-refractivity contribution in [1.29, 1.82) is 0 Å². The molecule has 2 aromatic rings. The number of nitrogens with zero attached hydrogens (tertiary/aromatic N) is 3. The van der Waals surface area contributed by atoms with Crippen LogP contribution in [0.1, 0.15) is 29.8 Å². The average Bonchev–Trinajstić information content (AvgIpc) is 3.08. The third-order valence-electron chi connectivity index (χ3n) is 4.13. The SMILES string of the molecule is COc1ccc(-[n+]2noc([O-])c2C(=O)CSC(=S)N2CCCCC2)cc1. The highest BCUT2D eigenvalue weighted by Crippen LogP contribution is 2.19. The molecule has 1 aliphatic heterocycles. The third kappa shape index (κ3) is 4.16. The Kier molecular flexibility index (Phi) is 6.10. The number of ketones is 1. The number of hydrogen-bond donors (Lipinski definition) is 0. The molecule has 7 nitrogen and oxygen atoms in total. The summed E-state index contributed by atoms with van der Waals surface area (Å²) in [5.74, 6) is -0.385. The van der Waals surface area contributed by atoms with E-state index in [1.54, 1.807) is 31.4 Å². The normalized spacial score (nSPS) is 14.3. The monoisotopic (exact) mass is 393 g/mol. The summed E-state index contributed by atoms with van der Waals surface area (Å²) in [5, 5.41) is 15.7. The first-order valence-corrected chi connectivity index (χ1v) is 9.68. The first-order valence-electron chi connectivity index (χ1n) is 8.28. The molecule has 138 valence electrons. The Balaban J connectivity index is 1.70.